The summed E-state index contributed by atoms with van der Waals surface area (Å²) < 4.78 is 0. The Hall–Kier alpha value is -2.10. The fraction of sp³-hybridized carbons (Fsp3) is 0.438. The van der Waals surface area contributed by atoms with E-state index in [1.165, 1.54) is 6.92 Å². The fourth-order valence-corrected chi connectivity index (χ4v) is 2.23. The first-order valence-electron chi connectivity index (χ1n) is 7.68. The molecular weight excluding hydrogens is 346 g/mol. The van der Waals surface area contributed by atoms with Crippen molar-refractivity contribution in [2.75, 3.05) is 5.75 Å². The maximum atomic E-state index is 12.3. The molecule has 0 heterocycles. The Morgan fingerprint density at radius 3 is 2.24 bits per heavy atom. The second kappa shape index (κ2) is 10.0. The van der Waals surface area contributed by atoms with Crippen LogP contribution in [0.5, 0.6) is 0 Å². The van der Waals surface area contributed by atoms with Gasteiger partial charge in [-0.1, -0.05) is 30.3 Å². The number of aliphatic carboxylic acids is 1. The molecule has 8 nitrogen and oxygen atoms in total. The smallest absolute Gasteiger partial charge is 0.326 e. The lowest BCUT2D eigenvalue weighted by Crippen LogP contribution is -2.58. The van der Waals surface area contributed by atoms with Gasteiger partial charge in [-0.15, -0.1) is 0 Å². The summed E-state index contributed by atoms with van der Waals surface area (Å²) in [6.45, 7) is 1.31. The predicted molar refractivity (Wildman–Crippen MR) is 95.2 cm³/mol. The van der Waals surface area contributed by atoms with Crippen LogP contribution in [0.4, 0.5) is 0 Å². The molecule has 0 aliphatic carbocycles. The van der Waals surface area contributed by atoms with Gasteiger partial charge in [0.25, 0.3) is 0 Å². The zero-order chi connectivity index (χ0) is 19.0. The number of thiol groups is 1. The van der Waals surface area contributed by atoms with E-state index in [9.17, 15) is 24.6 Å². The Morgan fingerprint density at radius 2 is 1.76 bits per heavy atom. The topological polar surface area (TPSA) is 142 Å². The Bertz CT molecular complexity index is 597. The van der Waals surface area contributed by atoms with Gasteiger partial charge in [-0.3, -0.25) is 9.59 Å². The van der Waals surface area contributed by atoms with Crippen molar-refractivity contribution in [1.29, 1.82) is 0 Å². The predicted octanol–water partition coefficient (Wildman–Crippen LogP) is -1.08. The number of nitrogens with two attached hydrogens (primary N) is 1. The molecule has 2 amide bonds. The molecule has 0 aliphatic rings. The minimum atomic E-state index is -1.32. The van der Waals surface area contributed by atoms with Gasteiger partial charge in [-0.05, 0) is 12.5 Å². The number of aliphatic hydroxyl groups is 1. The van der Waals surface area contributed by atoms with Crippen molar-refractivity contribution in [3.8, 4) is 0 Å². The summed E-state index contributed by atoms with van der Waals surface area (Å²) in [6.07, 6.45) is -1.17. The Balaban J connectivity index is 2.81. The van der Waals surface area contributed by atoms with Crippen molar-refractivity contribution in [1.82, 2.24) is 10.6 Å². The second-order valence-corrected chi connectivity index (χ2v) is 5.97. The molecule has 0 radical (unpaired) electrons. The van der Waals surface area contributed by atoms with E-state index in [1.54, 1.807) is 30.3 Å². The number of carbonyl (C=O) groups excluding carboxylic acids is 2. The molecule has 0 spiro atoms. The van der Waals surface area contributed by atoms with E-state index in [-0.39, 0.29) is 12.2 Å². The molecule has 0 fully saturated rings. The number of hydrogen-bond donors (Lipinski definition) is 6. The van der Waals surface area contributed by atoms with Gasteiger partial charge in [0.1, 0.15) is 12.1 Å². The largest absolute Gasteiger partial charge is 0.480 e. The van der Waals surface area contributed by atoms with Gasteiger partial charge in [0, 0.05) is 12.2 Å². The first-order chi connectivity index (χ1) is 11.8. The molecule has 1 rings (SSSR count). The van der Waals surface area contributed by atoms with Crippen LogP contribution >= 0.6 is 12.6 Å². The highest BCUT2D eigenvalue weighted by atomic mass is 32.1. The van der Waals surface area contributed by atoms with Crippen LogP contribution in [0.25, 0.3) is 0 Å². The number of nitrogens with one attached hydrogen (secondary N) is 2. The van der Waals surface area contributed by atoms with Gasteiger partial charge in [0.2, 0.25) is 11.8 Å². The van der Waals surface area contributed by atoms with Crippen molar-refractivity contribution >= 4 is 30.4 Å². The summed E-state index contributed by atoms with van der Waals surface area (Å²) in [4.78, 5) is 35.6. The molecule has 1 aromatic carbocycles. The summed E-state index contributed by atoms with van der Waals surface area (Å²) >= 11 is 3.89. The van der Waals surface area contributed by atoms with Crippen molar-refractivity contribution in [2.24, 2.45) is 5.73 Å². The Labute approximate surface area is 151 Å². The zero-order valence-electron chi connectivity index (χ0n) is 13.8. The molecule has 138 valence electrons. The van der Waals surface area contributed by atoms with Gasteiger partial charge in [0.05, 0.1) is 12.1 Å². The molecule has 0 saturated carbocycles. The minimum absolute atomic E-state index is 0.0613. The monoisotopic (exact) mass is 369 g/mol. The summed E-state index contributed by atoms with van der Waals surface area (Å²) in [6, 6.07) is 5.31. The van der Waals surface area contributed by atoms with Crippen LogP contribution in [0.15, 0.2) is 30.3 Å². The van der Waals surface area contributed by atoms with Gasteiger partial charge < -0.3 is 26.6 Å². The maximum Gasteiger partial charge on any atom is 0.326 e. The number of benzene rings is 1. The van der Waals surface area contributed by atoms with Gasteiger partial charge >= 0.3 is 5.97 Å². The maximum absolute atomic E-state index is 12.3. The van der Waals surface area contributed by atoms with E-state index in [0.29, 0.717) is 0 Å². The normalized spacial score (nSPS) is 15.5. The van der Waals surface area contributed by atoms with Crippen molar-refractivity contribution in [3.63, 3.8) is 0 Å². The van der Waals surface area contributed by atoms with Crippen LogP contribution in [0.1, 0.15) is 12.5 Å². The van der Waals surface area contributed by atoms with Crippen molar-refractivity contribution in [2.45, 2.75) is 37.6 Å². The van der Waals surface area contributed by atoms with Gasteiger partial charge in [0.15, 0.2) is 0 Å². The number of carboxylic acids is 1. The van der Waals surface area contributed by atoms with E-state index >= 15 is 0 Å². The highest BCUT2D eigenvalue weighted by molar-refractivity contribution is 7.80. The molecule has 0 aromatic heterocycles. The summed E-state index contributed by atoms with van der Waals surface area (Å²) in [5, 5.41) is 23.7. The number of rotatable bonds is 9. The number of aliphatic hydroxyl groups excluding tert-OH is 1. The fourth-order valence-electron chi connectivity index (χ4n) is 2.06. The molecule has 9 heteroatoms. The molecule has 0 aliphatic heterocycles. The Kier molecular flexibility index (Phi) is 8.39. The first-order valence-corrected chi connectivity index (χ1v) is 8.31. The van der Waals surface area contributed by atoms with E-state index in [2.05, 4.69) is 23.3 Å². The summed E-state index contributed by atoms with van der Waals surface area (Å²) in [5.74, 6) is -2.63. The second-order valence-electron chi connectivity index (χ2n) is 5.61. The van der Waals surface area contributed by atoms with Crippen molar-refractivity contribution < 1.29 is 24.6 Å². The van der Waals surface area contributed by atoms with Crippen LogP contribution in [0.2, 0.25) is 0 Å². The van der Waals surface area contributed by atoms with Crippen LogP contribution in [-0.4, -0.2) is 58.0 Å². The Morgan fingerprint density at radius 1 is 1.16 bits per heavy atom. The van der Waals surface area contributed by atoms with E-state index in [4.69, 9.17) is 5.73 Å². The zero-order valence-corrected chi connectivity index (χ0v) is 14.6. The average molecular weight is 369 g/mol. The third-order valence-corrected chi connectivity index (χ3v) is 3.89. The van der Waals surface area contributed by atoms with Crippen molar-refractivity contribution in [3.05, 3.63) is 35.9 Å². The summed E-state index contributed by atoms with van der Waals surface area (Å²) in [5.41, 5.74) is 6.25. The van der Waals surface area contributed by atoms with E-state index < -0.39 is 42.0 Å². The standard InChI is InChI=1S/C16H23N3O5S/c1-9(20)13(19-14(21)11(17)8-25)15(22)18-12(16(23)24)7-10-5-3-2-4-6-10/h2-6,9,11-13,20,25H,7-8,17H2,1H3,(H,18,22)(H,19,21)(H,23,24)/t9-,11+,12+,13+/m1/s1. The molecule has 0 saturated heterocycles. The average Bonchev–Trinajstić information content (AvgIpc) is 2.58. The molecule has 1 aromatic rings. The molecule has 4 atom stereocenters. The lowest BCUT2D eigenvalue weighted by molar-refractivity contribution is -0.142. The highest BCUT2D eigenvalue weighted by Gasteiger charge is 2.30. The van der Waals surface area contributed by atoms with E-state index in [1.807, 2.05) is 0 Å². The third-order valence-electron chi connectivity index (χ3n) is 3.49. The van der Waals surface area contributed by atoms with E-state index in [0.717, 1.165) is 5.56 Å². The quantitative estimate of drug-likeness (QED) is 0.306. The molecule has 0 bridgehead atoms. The first kappa shape index (κ1) is 20.9. The van der Waals surface area contributed by atoms with Crippen LogP contribution < -0.4 is 16.4 Å². The number of carbonyl (C=O) groups is 3. The number of carboxylic acid groups (broad SMARTS) is 1. The number of amides is 2. The van der Waals surface area contributed by atoms with Crippen LogP contribution in [0.3, 0.4) is 0 Å². The van der Waals surface area contributed by atoms with Crippen LogP contribution in [0, 0.1) is 0 Å². The van der Waals surface area contributed by atoms with Gasteiger partial charge in [-0.25, -0.2) is 4.79 Å². The molecule has 6 N–H and O–H groups in total. The van der Waals surface area contributed by atoms with Gasteiger partial charge in [-0.2, -0.15) is 12.6 Å². The van der Waals surface area contributed by atoms with Crippen LogP contribution in [-0.2, 0) is 20.8 Å². The highest BCUT2D eigenvalue weighted by Crippen LogP contribution is 2.05. The molecule has 0 unspecified atom stereocenters. The minimum Gasteiger partial charge on any atom is -0.480 e. The lowest BCUT2D eigenvalue weighted by Gasteiger charge is -2.24. The third kappa shape index (κ3) is 6.73. The molecule has 25 heavy (non-hydrogen) atoms. The SMILES string of the molecule is C[C@@H](O)[C@H](NC(=O)[C@@H](N)CS)C(=O)N[C@@H](Cc1ccccc1)C(=O)O. The lowest BCUT2D eigenvalue weighted by atomic mass is 10.0. The summed E-state index contributed by atoms with van der Waals surface area (Å²) in [7, 11) is 0. The number of hydrogen-bond acceptors (Lipinski definition) is 6. The molecular formula is C16H23N3O5S.